The molecule has 21 heavy (non-hydrogen) atoms. The molecule has 1 aromatic carbocycles. The first-order valence-electron chi connectivity index (χ1n) is 7.54. The minimum atomic E-state index is -0.0585. The lowest BCUT2D eigenvalue weighted by molar-refractivity contribution is -0.896. The third-order valence-corrected chi connectivity index (χ3v) is 4.06. The Morgan fingerprint density at radius 1 is 1.29 bits per heavy atom. The summed E-state index contributed by atoms with van der Waals surface area (Å²) in [5, 5.41) is 4.60. The zero-order valence-corrected chi connectivity index (χ0v) is 13.4. The van der Waals surface area contributed by atoms with Crippen LogP contribution in [0.2, 0.25) is 5.02 Å². The lowest BCUT2D eigenvalue weighted by Gasteiger charge is -2.14. The number of carbonyl (C=O) groups is 1. The molecule has 3 N–H and O–H groups in total. The second-order valence-corrected chi connectivity index (χ2v) is 5.67. The van der Waals surface area contributed by atoms with Gasteiger partial charge in [0.05, 0.1) is 19.6 Å². The lowest BCUT2D eigenvalue weighted by Crippen LogP contribution is -3.11. The number of hydrogen-bond donors (Lipinski definition) is 3. The molecule has 0 aliphatic rings. The fourth-order valence-electron chi connectivity index (χ4n) is 2.46. The highest BCUT2D eigenvalue weighted by atomic mass is 35.5. The molecule has 0 atom stereocenters. The molecular weight excluding hydrogens is 286 g/mol. The fourth-order valence-corrected chi connectivity index (χ4v) is 2.65. The van der Waals surface area contributed by atoms with Crippen molar-refractivity contribution in [3.8, 4) is 0 Å². The summed E-state index contributed by atoms with van der Waals surface area (Å²) in [4.78, 5) is 16.8. The summed E-state index contributed by atoms with van der Waals surface area (Å²) in [5.41, 5.74) is 1.51. The van der Waals surface area contributed by atoms with E-state index in [1.54, 1.807) is 4.90 Å². The number of H-pyrrole nitrogens is 1. The minimum Gasteiger partial charge on any atom is -0.351 e. The Kier molecular flexibility index (Phi) is 5.65. The Morgan fingerprint density at radius 3 is 2.76 bits per heavy atom. The van der Waals surface area contributed by atoms with Gasteiger partial charge < -0.3 is 15.2 Å². The third-order valence-electron chi connectivity index (χ3n) is 3.82. The van der Waals surface area contributed by atoms with Gasteiger partial charge in [-0.05, 0) is 38.1 Å². The summed E-state index contributed by atoms with van der Waals surface area (Å²) in [5.74, 6) is -0.0585. The number of carbonyl (C=O) groups excluding carboxylic acids is 1. The first-order valence-corrected chi connectivity index (χ1v) is 7.91. The molecule has 0 saturated heterocycles. The molecule has 5 heteroatoms. The SMILES string of the molecule is CC[NH+](CC)CCCNC(=O)c1cc2cc(Cl)ccc2[nH]1. The van der Waals surface area contributed by atoms with Gasteiger partial charge in [-0.1, -0.05) is 11.6 Å². The van der Waals surface area contributed by atoms with Gasteiger partial charge >= 0.3 is 0 Å². The molecule has 1 heterocycles. The van der Waals surface area contributed by atoms with Gasteiger partial charge in [0.2, 0.25) is 0 Å². The molecule has 2 rings (SSSR count). The molecule has 0 unspecified atom stereocenters. The molecule has 0 fully saturated rings. The maximum absolute atomic E-state index is 12.1. The second kappa shape index (κ2) is 7.48. The monoisotopic (exact) mass is 308 g/mol. The van der Waals surface area contributed by atoms with E-state index in [2.05, 4.69) is 24.1 Å². The van der Waals surface area contributed by atoms with Crippen LogP contribution in [-0.2, 0) is 0 Å². The van der Waals surface area contributed by atoms with E-state index in [1.807, 2.05) is 24.3 Å². The number of halogens is 1. The van der Waals surface area contributed by atoms with E-state index in [0.29, 0.717) is 17.3 Å². The van der Waals surface area contributed by atoms with Crippen molar-refractivity contribution in [1.29, 1.82) is 0 Å². The van der Waals surface area contributed by atoms with E-state index >= 15 is 0 Å². The number of benzene rings is 1. The molecule has 1 aromatic heterocycles. The Bertz CT molecular complexity index is 605. The second-order valence-electron chi connectivity index (χ2n) is 5.23. The van der Waals surface area contributed by atoms with Crippen molar-refractivity contribution < 1.29 is 9.69 Å². The van der Waals surface area contributed by atoms with E-state index in [4.69, 9.17) is 11.6 Å². The van der Waals surface area contributed by atoms with Gasteiger partial charge in [-0.15, -0.1) is 0 Å². The number of hydrogen-bond acceptors (Lipinski definition) is 1. The first-order chi connectivity index (χ1) is 10.1. The van der Waals surface area contributed by atoms with Crippen LogP contribution < -0.4 is 10.2 Å². The van der Waals surface area contributed by atoms with Gasteiger partial charge in [-0.25, -0.2) is 0 Å². The zero-order chi connectivity index (χ0) is 15.2. The van der Waals surface area contributed by atoms with Gasteiger partial charge in [0, 0.05) is 28.9 Å². The summed E-state index contributed by atoms with van der Waals surface area (Å²) in [7, 11) is 0. The van der Waals surface area contributed by atoms with Crippen molar-refractivity contribution in [2.45, 2.75) is 20.3 Å². The molecule has 114 valence electrons. The van der Waals surface area contributed by atoms with Crippen molar-refractivity contribution in [2.24, 2.45) is 0 Å². The molecule has 1 amide bonds. The summed E-state index contributed by atoms with van der Waals surface area (Å²) < 4.78 is 0. The third kappa shape index (κ3) is 4.22. The number of quaternary nitrogens is 1. The van der Waals surface area contributed by atoms with Crippen molar-refractivity contribution in [3.63, 3.8) is 0 Å². The predicted octanol–water partition coefficient (Wildman–Crippen LogP) is 1.87. The highest BCUT2D eigenvalue weighted by molar-refractivity contribution is 6.31. The standard InChI is InChI=1S/C16H22ClN3O/c1-3-20(4-2)9-5-8-18-16(21)15-11-12-10-13(17)6-7-14(12)19-15/h6-7,10-11,19H,3-5,8-9H2,1-2H3,(H,18,21)/p+1. The molecule has 4 nitrogen and oxygen atoms in total. The van der Waals surface area contributed by atoms with Gasteiger partial charge in [0.25, 0.3) is 5.91 Å². The van der Waals surface area contributed by atoms with Crippen LogP contribution in [0.5, 0.6) is 0 Å². The summed E-state index contributed by atoms with van der Waals surface area (Å²) in [6.07, 6.45) is 0.995. The average Bonchev–Trinajstić information content (AvgIpc) is 2.90. The van der Waals surface area contributed by atoms with Gasteiger partial charge in [0.15, 0.2) is 0 Å². The maximum Gasteiger partial charge on any atom is 0.267 e. The van der Waals surface area contributed by atoms with E-state index in [0.717, 1.165) is 37.0 Å². The Labute approximate surface area is 130 Å². The van der Waals surface area contributed by atoms with Crippen LogP contribution >= 0.6 is 11.6 Å². The number of aromatic amines is 1. The van der Waals surface area contributed by atoms with Gasteiger partial charge in [-0.3, -0.25) is 4.79 Å². The first kappa shape index (κ1) is 15.9. The highest BCUT2D eigenvalue weighted by Crippen LogP contribution is 2.19. The van der Waals surface area contributed by atoms with Crippen molar-refractivity contribution >= 4 is 28.4 Å². The number of aromatic nitrogens is 1. The number of amides is 1. The molecular formula is C16H23ClN3O+. The zero-order valence-electron chi connectivity index (χ0n) is 12.6. The van der Waals surface area contributed by atoms with Gasteiger partial charge in [-0.2, -0.15) is 0 Å². The largest absolute Gasteiger partial charge is 0.351 e. The smallest absolute Gasteiger partial charge is 0.267 e. The summed E-state index contributed by atoms with van der Waals surface area (Å²) >= 11 is 5.95. The maximum atomic E-state index is 12.1. The molecule has 0 aliphatic carbocycles. The van der Waals surface area contributed by atoms with E-state index < -0.39 is 0 Å². The summed E-state index contributed by atoms with van der Waals surface area (Å²) in [6.45, 7) is 8.44. The van der Waals surface area contributed by atoms with Crippen LogP contribution in [0.3, 0.4) is 0 Å². The number of rotatable bonds is 7. The normalized spacial score (nSPS) is 11.2. The van der Waals surface area contributed by atoms with Crippen molar-refractivity contribution in [2.75, 3.05) is 26.2 Å². The molecule has 2 aromatic rings. The lowest BCUT2D eigenvalue weighted by atomic mass is 10.2. The summed E-state index contributed by atoms with van der Waals surface area (Å²) in [6, 6.07) is 7.40. The van der Waals surface area contributed by atoms with Crippen molar-refractivity contribution in [3.05, 3.63) is 35.0 Å². The Balaban J connectivity index is 1.87. The number of fused-ring (bicyclic) bond motifs is 1. The van der Waals surface area contributed by atoms with Crippen LogP contribution in [0, 0.1) is 0 Å². The fraction of sp³-hybridized carbons (Fsp3) is 0.438. The highest BCUT2D eigenvalue weighted by Gasteiger charge is 2.09. The van der Waals surface area contributed by atoms with Crippen molar-refractivity contribution in [1.82, 2.24) is 10.3 Å². The van der Waals surface area contributed by atoms with Crippen LogP contribution in [-0.4, -0.2) is 37.1 Å². The Hall–Kier alpha value is -1.52. The minimum absolute atomic E-state index is 0.0585. The molecule has 0 saturated carbocycles. The van der Waals surface area contributed by atoms with Gasteiger partial charge in [0.1, 0.15) is 5.69 Å². The average molecular weight is 309 g/mol. The molecule has 0 radical (unpaired) electrons. The quantitative estimate of drug-likeness (QED) is 0.672. The number of nitrogens with one attached hydrogen (secondary N) is 3. The topological polar surface area (TPSA) is 49.3 Å². The molecule has 0 aliphatic heterocycles. The predicted molar refractivity (Wildman–Crippen MR) is 87.2 cm³/mol. The molecule has 0 bridgehead atoms. The van der Waals surface area contributed by atoms with E-state index in [1.165, 1.54) is 0 Å². The van der Waals surface area contributed by atoms with Crippen LogP contribution in [0.1, 0.15) is 30.8 Å². The van der Waals surface area contributed by atoms with Crippen LogP contribution in [0.25, 0.3) is 10.9 Å². The molecule has 0 spiro atoms. The van der Waals surface area contributed by atoms with Crippen LogP contribution in [0.15, 0.2) is 24.3 Å². The van der Waals surface area contributed by atoms with E-state index in [-0.39, 0.29) is 5.91 Å². The Morgan fingerprint density at radius 2 is 2.05 bits per heavy atom. The van der Waals surface area contributed by atoms with Crippen LogP contribution in [0.4, 0.5) is 0 Å². The van der Waals surface area contributed by atoms with E-state index in [9.17, 15) is 4.79 Å².